The fourth-order valence-corrected chi connectivity index (χ4v) is 2.94. The minimum Gasteiger partial charge on any atom is -0.381 e. The maximum absolute atomic E-state index is 14.4. The second-order valence-corrected chi connectivity index (χ2v) is 6.27. The number of pyridine rings is 1. The van der Waals surface area contributed by atoms with Crippen LogP contribution in [0.15, 0.2) is 61.4 Å². The van der Waals surface area contributed by atoms with E-state index in [9.17, 15) is 13.9 Å². The lowest BCUT2D eigenvalue weighted by Gasteiger charge is -2.28. The molecule has 142 valence electrons. The Labute approximate surface area is 158 Å². The van der Waals surface area contributed by atoms with Gasteiger partial charge in [0.1, 0.15) is 35.6 Å². The molecule has 10 heteroatoms. The van der Waals surface area contributed by atoms with Crippen LogP contribution in [-0.2, 0) is 18.7 Å². The molecule has 3 aromatic heterocycles. The van der Waals surface area contributed by atoms with Crippen molar-refractivity contribution in [2.45, 2.75) is 18.7 Å². The molecule has 4 aromatic rings. The Morgan fingerprint density at radius 2 is 1.89 bits per heavy atom. The van der Waals surface area contributed by atoms with E-state index in [1.54, 1.807) is 24.5 Å². The Morgan fingerprint density at radius 3 is 2.61 bits per heavy atom. The van der Waals surface area contributed by atoms with Crippen molar-refractivity contribution >= 4 is 0 Å². The van der Waals surface area contributed by atoms with E-state index in [4.69, 9.17) is 0 Å². The van der Waals surface area contributed by atoms with E-state index in [1.165, 1.54) is 28.1 Å². The second-order valence-electron chi connectivity index (χ2n) is 6.27. The summed E-state index contributed by atoms with van der Waals surface area (Å²) in [5.41, 5.74) is -0.746. The summed E-state index contributed by atoms with van der Waals surface area (Å²) >= 11 is 0. The van der Waals surface area contributed by atoms with Crippen LogP contribution in [0, 0.1) is 11.6 Å². The van der Waals surface area contributed by atoms with Gasteiger partial charge in [-0.2, -0.15) is 5.10 Å². The molecular formula is C18H15F2N7O. The zero-order valence-electron chi connectivity index (χ0n) is 14.5. The van der Waals surface area contributed by atoms with Gasteiger partial charge in [0.2, 0.25) is 0 Å². The van der Waals surface area contributed by atoms with Crippen LogP contribution in [0.4, 0.5) is 8.78 Å². The van der Waals surface area contributed by atoms with Crippen molar-refractivity contribution in [2.75, 3.05) is 0 Å². The standard InChI is InChI=1S/C18H15F2N7O/c19-13-4-5-14(15(20)7-13)18(28,10-27-12-21-11-23-27)9-26-8-17(24-25-26)16-3-1-2-6-22-16/h1-8,11-12,28H,9-10H2. The summed E-state index contributed by atoms with van der Waals surface area (Å²) in [6.45, 7) is -0.260. The second kappa shape index (κ2) is 7.24. The first kappa shape index (κ1) is 17.9. The van der Waals surface area contributed by atoms with Crippen molar-refractivity contribution in [3.05, 3.63) is 78.6 Å². The number of nitrogens with zero attached hydrogens (tertiary/aromatic N) is 7. The minimum atomic E-state index is -1.78. The molecule has 0 saturated heterocycles. The lowest BCUT2D eigenvalue weighted by atomic mass is 9.93. The van der Waals surface area contributed by atoms with Crippen molar-refractivity contribution in [1.29, 1.82) is 0 Å². The number of hydrogen-bond donors (Lipinski definition) is 1. The molecule has 0 aliphatic heterocycles. The van der Waals surface area contributed by atoms with Gasteiger partial charge in [0.05, 0.1) is 25.0 Å². The van der Waals surface area contributed by atoms with Gasteiger partial charge < -0.3 is 5.11 Å². The van der Waals surface area contributed by atoms with Gasteiger partial charge >= 0.3 is 0 Å². The highest BCUT2D eigenvalue weighted by molar-refractivity contribution is 5.51. The van der Waals surface area contributed by atoms with Crippen LogP contribution >= 0.6 is 0 Å². The maximum Gasteiger partial charge on any atom is 0.137 e. The molecule has 0 aliphatic carbocycles. The monoisotopic (exact) mass is 383 g/mol. The summed E-state index contributed by atoms with van der Waals surface area (Å²) in [5.74, 6) is -1.60. The van der Waals surface area contributed by atoms with E-state index >= 15 is 0 Å². The van der Waals surface area contributed by atoms with Crippen LogP contribution in [0.5, 0.6) is 0 Å². The molecule has 0 saturated carbocycles. The summed E-state index contributed by atoms with van der Waals surface area (Å²) in [7, 11) is 0. The third kappa shape index (κ3) is 3.62. The molecule has 0 spiro atoms. The van der Waals surface area contributed by atoms with Gasteiger partial charge in [-0.1, -0.05) is 17.3 Å². The van der Waals surface area contributed by atoms with Gasteiger partial charge in [0, 0.05) is 17.8 Å². The molecule has 1 N–H and O–H groups in total. The molecule has 28 heavy (non-hydrogen) atoms. The van der Waals surface area contributed by atoms with E-state index in [-0.39, 0.29) is 18.7 Å². The lowest BCUT2D eigenvalue weighted by Crippen LogP contribution is -2.37. The summed E-state index contributed by atoms with van der Waals surface area (Å²) < 4.78 is 30.5. The average molecular weight is 383 g/mol. The molecule has 0 amide bonds. The third-order valence-corrected chi connectivity index (χ3v) is 4.21. The SMILES string of the molecule is OC(Cn1cncn1)(Cn1cc(-c2ccccn2)nn1)c1ccc(F)cc1F. The Balaban J connectivity index is 1.69. The number of halogens is 2. The summed E-state index contributed by atoms with van der Waals surface area (Å²) in [5, 5.41) is 23.3. The molecule has 1 aromatic carbocycles. The number of aliphatic hydroxyl groups is 1. The first-order chi connectivity index (χ1) is 13.5. The first-order valence-electron chi connectivity index (χ1n) is 8.35. The van der Waals surface area contributed by atoms with Crippen LogP contribution < -0.4 is 0 Å². The van der Waals surface area contributed by atoms with Crippen molar-refractivity contribution in [3.8, 4) is 11.4 Å². The highest BCUT2D eigenvalue weighted by Gasteiger charge is 2.34. The predicted octanol–water partition coefficient (Wildman–Crippen LogP) is 1.80. The quantitative estimate of drug-likeness (QED) is 0.546. The summed E-state index contributed by atoms with van der Waals surface area (Å²) in [6, 6.07) is 8.39. The van der Waals surface area contributed by atoms with Crippen LogP contribution in [0.25, 0.3) is 11.4 Å². The highest BCUT2D eigenvalue weighted by atomic mass is 19.1. The summed E-state index contributed by atoms with van der Waals surface area (Å²) in [4.78, 5) is 8.03. The van der Waals surface area contributed by atoms with Crippen LogP contribution in [0.2, 0.25) is 0 Å². The van der Waals surface area contributed by atoms with Crippen molar-refractivity contribution in [3.63, 3.8) is 0 Å². The molecule has 0 aliphatic rings. The highest BCUT2D eigenvalue weighted by Crippen LogP contribution is 2.28. The zero-order chi connectivity index (χ0) is 19.6. The van der Waals surface area contributed by atoms with E-state index < -0.39 is 17.2 Å². The van der Waals surface area contributed by atoms with Crippen LogP contribution in [0.3, 0.4) is 0 Å². The molecule has 1 atom stereocenters. The van der Waals surface area contributed by atoms with E-state index in [0.29, 0.717) is 11.4 Å². The lowest BCUT2D eigenvalue weighted by molar-refractivity contribution is -0.00890. The molecule has 3 heterocycles. The predicted molar refractivity (Wildman–Crippen MR) is 93.5 cm³/mol. The van der Waals surface area contributed by atoms with Gasteiger partial charge in [-0.25, -0.2) is 23.1 Å². The minimum absolute atomic E-state index is 0.0840. The van der Waals surface area contributed by atoms with E-state index in [2.05, 4.69) is 25.4 Å². The molecule has 8 nitrogen and oxygen atoms in total. The third-order valence-electron chi connectivity index (χ3n) is 4.21. The van der Waals surface area contributed by atoms with E-state index in [0.717, 1.165) is 12.1 Å². The number of benzene rings is 1. The fraction of sp³-hybridized carbons (Fsp3) is 0.167. The zero-order valence-corrected chi connectivity index (χ0v) is 14.5. The van der Waals surface area contributed by atoms with Crippen LogP contribution in [-0.4, -0.2) is 39.8 Å². The van der Waals surface area contributed by atoms with Crippen molar-refractivity contribution < 1.29 is 13.9 Å². The normalized spacial score (nSPS) is 13.4. The Hall–Kier alpha value is -3.53. The molecule has 4 rings (SSSR count). The molecule has 1 unspecified atom stereocenters. The van der Waals surface area contributed by atoms with Gasteiger partial charge in [0.25, 0.3) is 0 Å². The van der Waals surface area contributed by atoms with E-state index in [1.807, 2.05) is 6.07 Å². The van der Waals surface area contributed by atoms with Crippen molar-refractivity contribution in [1.82, 2.24) is 34.7 Å². The van der Waals surface area contributed by atoms with Crippen LogP contribution in [0.1, 0.15) is 5.56 Å². The number of rotatable bonds is 6. The fourth-order valence-electron chi connectivity index (χ4n) is 2.94. The molecule has 0 bridgehead atoms. The Kier molecular flexibility index (Phi) is 4.62. The smallest absolute Gasteiger partial charge is 0.137 e. The molecular weight excluding hydrogens is 368 g/mol. The molecule has 0 radical (unpaired) electrons. The average Bonchev–Trinajstić information content (AvgIpc) is 3.34. The molecule has 0 fully saturated rings. The number of aromatic nitrogens is 7. The van der Waals surface area contributed by atoms with Gasteiger partial charge in [-0.15, -0.1) is 5.10 Å². The topological polar surface area (TPSA) is 94.5 Å². The van der Waals surface area contributed by atoms with Gasteiger partial charge in [-0.3, -0.25) is 4.98 Å². The Morgan fingerprint density at radius 1 is 1.04 bits per heavy atom. The summed E-state index contributed by atoms with van der Waals surface area (Å²) in [6.07, 6.45) is 5.92. The first-order valence-corrected chi connectivity index (χ1v) is 8.35. The number of hydrogen-bond acceptors (Lipinski definition) is 6. The van der Waals surface area contributed by atoms with Gasteiger partial charge in [-0.05, 0) is 18.2 Å². The largest absolute Gasteiger partial charge is 0.381 e. The van der Waals surface area contributed by atoms with Gasteiger partial charge in [0.15, 0.2) is 0 Å². The Bertz CT molecular complexity index is 1070. The maximum atomic E-state index is 14.4. The van der Waals surface area contributed by atoms with Crippen molar-refractivity contribution in [2.24, 2.45) is 0 Å².